The Hall–Kier alpha value is -3.12. The van der Waals surface area contributed by atoms with E-state index in [2.05, 4.69) is 4.90 Å². The molecule has 12 heteroatoms. The molecule has 0 saturated carbocycles. The maximum Gasteiger partial charge on any atom is 0.471 e. The number of carbonyl (C=O) groups excluding carboxylic acids is 3. The second kappa shape index (κ2) is 13.5. The van der Waals surface area contributed by atoms with E-state index >= 15 is 0 Å². The zero-order chi connectivity index (χ0) is 29.6. The Balaban J connectivity index is 1.83. The van der Waals surface area contributed by atoms with Crippen LogP contribution in [0.5, 0.6) is 5.75 Å². The fourth-order valence-electron chi connectivity index (χ4n) is 4.89. The molecule has 40 heavy (non-hydrogen) atoms. The number of nitrogens with zero attached hydrogens (tertiary/aromatic N) is 2. The minimum Gasteiger partial charge on any atom is -0.496 e. The van der Waals surface area contributed by atoms with Gasteiger partial charge in [0.15, 0.2) is 0 Å². The molecule has 0 atom stereocenters. The number of allylic oxidation sites excluding steroid dienone is 2. The molecule has 222 valence electrons. The molecule has 1 fully saturated rings. The number of cyclic esters (lactones) is 1. The molecule has 0 aromatic heterocycles. The molecular weight excluding hydrogens is 533 g/mol. The summed E-state index contributed by atoms with van der Waals surface area (Å²) in [5.41, 5.74) is 1.77. The van der Waals surface area contributed by atoms with Crippen molar-refractivity contribution in [2.45, 2.75) is 65.8 Å². The van der Waals surface area contributed by atoms with Crippen molar-refractivity contribution >= 4 is 23.5 Å². The second-order valence-electron chi connectivity index (χ2n) is 10.1. The van der Waals surface area contributed by atoms with Gasteiger partial charge in [-0.15, -0.1) is 0 Å². The van der Waals surface area contributed by atoms with Crippen LogP contribution in [0.4, 0.5) is 18.9 Å². The van der Waals surface area contributed by atoms with Gasteiger partial charge in [0.25, 0.3) is 0 Å². The molecule has 1 amide bonds. The predicted octanol–water partition coefficient (Wildman–Crippen LogP) is 4.12. The van der Waals surface area contributed by atoms with E-state index in [9.17, 15) is 27.6 Å². The van der Waals surface area contributed by atoms with Crippen LogP contribution in [-0.2, 0) is 36.8 Å². The van der Waals surface area contributed by atoms with Crippen molar-refractivity contribution in [1.29, 1.82) is 0 Å². The lowest BCUT2D eigenvalue weighted by Gasteiger charge is -2.32. The second-order valence-corrected chi connectivity index (χ2v) is 10.1. The van der Waals surface area contributed by atoms with Gasteiger partial charge in [-0.2, -0.15) is 13.2 Å². The highest BCUT2D eigenvalue weighted by Gasteiger charge is 2.47. The summed E-state index contributed by atoms with van der Waals surface area (Å²) in [6.45, 7) is 10.1. The number of halogens is 3. The summed E-state index contributed by atoms with van der Waals surface area (Å²) in [6.07, 6.45) is -2.84. The van der Waals surface area contributed by atoms with E-state index in [1.54, 1.807) is 19.9 Å². The summed E-state index contributed by atoms with van der Waals surface area (Å²) in [7, 11) is 1.38. The number of esters is 2. The van der Waals surface area contributed by atoms with Crippen molar-refractivity contribution in [2.24, 2.45) is 0 Å². The number of carbonyl (C=O) groups is 3. The number of ether oxygens (including phenoxy) is 4. The van der Waals surface area contributed by atoms with E-state index in [0.717, 1.165) is 18.7 Å². The van der Waals surface area contributed by atoms with Gasteiger partial charge < -0.3 is 23.8 Å². The molecule has 1 aromatic rings. The number of amides is 1. The Morgan fingerprint density at radius 1 is 1.18 bits per heavy atom. The van der Waals surface area contributed by atoms with Crippen LogP contribution < -0.4 is 9.64 Å². The molecule has 0 aliphatic carbocycles. The first kappa shape index (κ1) is 31.4. The van der Waals surface area contributed by atoms with Crippen LogP contribution in [0.15, 0.2) is 11.6 Å². The number of hydrogen-bond acceptors (Lipinski definition) is 8. The summed E-state index contributed by atoms with van der Waals surface area (Å²) >= 11 is 0. The maximum absolute atomic E-state index is 13.7. The van der Waals surface area contributed by atoms with Crippen molar-refractivity contribution in [1.82, 2.24) is 4.90 Å². The number of alkyl halides is 3. The quantitative estimate of drug-likeness (QED) is 0.290. The van der Waals surface area contributed by atoms with Crippen LogP contribution in [0.3, 0.4) is 0 Å². The highest BCUT2D eigenvalue weighted by Crippen LogP contribution is 2.44. The van der Waals surface area contributed by atoms with Gasteiger partial charge in [-0.25, -0.2) is 4.79 Å². The average molecular weight is 571 g/mol. The highest BCUT2D eigenvalue weighted by molar-refractivity contribution is 6.08. The van der Waals surface area contributed by atoms with E-state index in [-0.39, 0.29) is 54.6 Å². The third kappa shape index (κ3) is 7.34. The Kier molecular flexibility index (Phi) is 10.6. The van der Waals surface area contributed by atoms with Crippen LogP contribution in [0.25, 0.3) is 0 Å². The van der Waals surface area contributed by atoms with Gasteiger partial charge in [0, 0.05) is 43.2 Å². The molecule has 0 spiro atoms. The highest BCUT2D eigenvalue weighted by atomic mass is 19.4. The number of hydrogen-bond donors (Lipinski definition) is 0. The van der Waals surface area contributed by atoms with Crippen molar-refractivity contribution in [3.8, 4) is 5.75 Å². The maximum atomic E-state index is 13.7. The zero-order valence-corrected chi connectivity index (χ0v) is 23.6. The molecule has 2 heterocycles. The van der Waals surface area contributed by atoms with E-state index in [1.807, 2.05) is 0 Å². The van der Waals surface area contributed by atoms with Crippen molar-refractivity contribution in [3.63, 3.8) is 0 Å². The van der Waals surface area contributed by atoms with Crippen LogP contribution in [-0.4, -0.2) is 81.5 Å². The van der Waals surface area contributed by atoms with E-state index in [4.69, 9.17) is 18.9 Å². The molecule has 1 aromatic carbocycles. The van der Waals surface area contributed by atoms with E-state index in [0.29, 0.717) is 42.2 Å². The first-order valence-corrected chi connectivity index (χ1v) is 13.3. The predicted molar refractivity (Wildman–Crippen MR) is 140 cm³/mol. The fourth-order valence-corrected chi connectivity index (χ4v) is 4.89. The number of anilines is 1. The topological polar surface area (TPSA) is 94.6 Å². The number of methoxy groups -OCH3 is 1. The van der Waals surface area contributed by atoms with Gasteiger partial charge in [-0.05, 0) is 46.1 Å². The Labute approximate surface area is 232 Å². The lowest BCUT2D eigenvalue weighted by Crippen LogP contribution is -2.46. The monoisotopic (exact) mass is 570 g/mol. The third-order valence-corrected chi connectivity index (χ3v) is 7.02. The van der Waals surface area contributed by atoms with Gasteiger partial charge in [0.05, 0.1) is 31.6 Å². The van der Waals surface area contributed by atoms with Crippen LogP contribution in [0.1, 0.15) is 60.7 Å². The molecule has 0 N–H and O–H groups in total. The van der Waals surface area contributed by atoms with Crippen molar-refractivity contribution < 1.29 is 46.5 Å². The fraction of sp³-hybridized carbons (Fsp3) is 0.607. The van der Waals surface area contributed by atoms with Gasteiger partial charge in [0.2, 0.25) is 0 Å². The summed E-state index contributed by atoms with van der Waals surface area (Å²) in [4.78, 5) is 40.3. The summed E-state index contributed by atoms with van der Waals surface area (Å²) in [6, 6.07) is -0.921. The van der Waals surface area contributed by atoms with Crippen molar-refractivity contribution in [2.75, 3.05) is 51.5 Å². The zero-order valence-electron chi connectivity index (χ0n) is 23.6. The van der Waals surface area contributed by atoms with Crippen LogP contribution in [0.2, 0.25) is 0 Å². The smallest absolute Gasteiger partial charge is 0.471 e. The Bertz CT molecular complexity index is 1140. The first-order chi connectivity index (χ1) is 18.9. The molecular formula is C28H37F3N2O7. The average Bonchev–Trinajstić information content (AvgIpc) is 3.29. The first-order valence-electron chi connectivity index (χ1n) is 13.3. The van der Waals surface area contributed by atoms with Crippen LogP contribution >= 0.6 is 0 Å². The molecule has 0 radical (unpaired) electrons. The van der Waals surface area contributed by atoms with E-state index in [1.165, 1.54) is 21.0 Å². The number of morpholine rings is 1. The SMILES string of the molecule is COc1c(C)c2c(c(N(C(=O)C(F)(F)F)C(C)C)c1C/C=C(\C)CCC(=O)OCCN1CCOCC1)C(=O)OC2. The van der Waals surface area contributed by atoms with Gasteiger partial charge in [0.1, 0.15) is 19.0 Å². The summed E-state index contributed by atoms with van der Waals surface area (Å²) < 4.78 is 62.4. The Morgan fingerprint density at radius 2 is 1.85 bits per heavy atom. The van der Waals surface area contributed by atoms with E-state index < -0.39 is 24.1 Å². The van der Waals surface area contributed by atoms with Gasteiger partial charge in [-0.1, -0.05) is 11.6 Å². The molecule has 3 rings (SSSR count). The van der Waals surface area contributed by atoms with Crippen LogP contribution in [0, 0.1) is 6.92 Å². The molecule has 2 aliphatic rings. The third-order valence-electron chi connectivity index (χ3n) is 7.02. The minimum atomic E-state index is -5.16. The van der Waals surface area contributed by atoms with Crippen molar-refractivity contribution in [3.05, 3.63) is 33.9 Å². The lowest BCUT2D eigenvalue weighted by molar-refractivity contribution is -0.170. The number of fused-ring (bicyclic) bond motifs is 1. The standard InChI is InChI=1S/C28H37F3N2O7/c1-17(2)33(27(36)28(29,30)31)24-20(25(37-5)19(4)21-16-40-26(35)23(21)24)8-6-18(3)7-9-22(34)39-15-12-32-10-13-38-14-11-32/h6,17H,7-16H2,1-5H3/b18-6+. The molecule has 1 saturated heterocycles. The van der Waals surface area contributed by atoms with Gasteiger partial charge in [-0.3, -0.25) is 14.5 Å². The minimum absolute atomic E-state index is 0.0606. The normalized spacial score (nSPS) is 16.1. The number of benzene rings is 1. The Morgan fingerprint density at radius 3 is 2.45 bits per heavy atom. The molecule has 2 aliphatic heterocycles. The molecule has 0 unspecified atom stereocenters. The largest absolute Gasteiger partial charge is 0.496 e. The summed E-state index contributed by atoms with van der Waals surface area (Å²) in [5, 5.41) is 0. The summed E-state index contributed by atoms with van der Waals surface area (Å²) in [5.74, 6) is -2.95. The number of rotatable bonds is 11. The lowest BCUT2D eigenvalue weighted by atomic mass is 9.92. The van der Waals surface area contributed by atoms with Gasteiger partial charge >= 0.3 is 24.0 Å². The molecule has 0 bridgehead atoms. The molecule has 9 nitrogen and oxygen atoms in total.